The number of hydrogen-bond acceptors (Lipinski definition) is 4. The minimum Gasteiger partial charge on any atom is -0.444 e. The van der Waals surface area contributed by atoms with Crippen LogP contribution in [0.25, 0.3) is 0 Å². The van der Waals surface area contributed by atoms with E-state index < -0.39 is 11.7 Å². The molecule has 1 aliphatic carbocycles. The molecule has 0 spiro atoms. The molecular weight excluding hydrogens is 270 g/mol. The Morgan fingerprint density at radius 3 is 2.76 bits per heavy atom. The summed E-state index contributed by atoms with van der Waals surface area (Å²) in [5.74, 6) is 0. The van der Waals surface area contributed by atoms with Crippen molar-refractivity contribution in [3.8, 4) is 0 Å². The molecule has 3 atom stereocenters. The topological polar surface area (TPSA) is 76.4 Å². The van der Waals surface area contributed by atoms with Crippen molar-refractivity contribution in [3.05, 3.63) is 18.0 Å². The molecule has 1 aromatic rings. The zero-order valence-electron chi connectivity index (χ0n) is 13.2. The first-order chi connectivity index (χ1) is 9.74. The van der Waals surface area contributed by atoms with Gasteiger partial charge >= 0.3 is 6.09 Å². The van der Waals surface area contributed by atoms with E-state index in [0.717, 1.165) is 5.56 Å². The number of aromatic nitrogens is 2. The first kappa shape index (κ1) is 15.8. The van der Waals surface area contributed by atoms with Crippen molar-refractivity contribution in [2.75, 3.05) is 0 Å². The van der Waals surface area contributed by atoms with Crippen molar-refractivity contribution in [1.82, 2.24) is 15.1 Å². The lowest BCUT2D eigenvalue weighted by Gasteiger charge is -2.35. The number of nitrogens with zero attached hydrogens (tertiary/aromatic N) is 2. The van der Waals surface area contributed by atoms with Gasteiger partial charge in [-0.25, -0.2) is 4.79 Å². The van der Waals surface area contributed by atoms with Crippen LogP contribution in [-0.4, -0.2) is 38.7 Å². The van der Waals surface area contributed by atoms with Crippen molar-refractivity contribution in [2.45, 2.75) is 70.7 Å². The van der Waals surface area contributed by atoms with E-state index in [1.54, 1.807) is 6.20 Å². The van der Waals surface area contributed by atoms with E-state index in [4.69, 9.17) is 4.74 Å². The van der Waals surface area contributed by atoms with E-state index in [2.05, 4.69) is 10.4 Å². The molecule has 0 aliphatic heterocycles. The number of carbonyl (C=O) groups is 1. The summed E-state index contributed by atoms with van der Waals surface area (Å²) in [7, 11) is 0. The minimum absolute atomic E-state index is 0.0463. The number of hydrogen-bond donors (Lipinski definition) is 2. The number of rotatable bonds is 2. The maximum Gasteiger partial charge on any atom is 0.407 e. The van der Waals surface area contributed by atoms with E-state index in [1.165, 1.54) is 0 Å². The molecular formula is C15H25N3O3. The second-order valence-corrected chi connectivity index (χ2v) is 6.78. The lowest BCUT2D eigenvalue weighted by molar-refractivity contribution is 0.0387. The van der Waals surface area contributed by atoms with Gasteiger partial charge < -0.3 is 15.2 Å². The van der Waals surface area contributed by atoms with Gasteiger partial charge in [-0.1, -0.05) is 0 Å². The molecule has 1 amide bonds. The minimum atomic E-state index is -0.518. The van der Waals surface area contributed by atoms with Crippen LogP contribution in [0.15, 0.2) is 12.4 Å². The molecule has 0 bridgehead atoms. The summed E-state index contributed by atoms with van der Waals surface area (Å²) in [4.78, 5) is 12.0. The van der Waals surface area contributed by atoms with Gasteiger partial charge in [-0.15, -0.1) is 0 Å². The predicted molar refractivity (Wildman–Crippen MR) is 79.0 cm³/mol. The zero-order chi connectivity index (χ0) is 15.6. The molecule has 2 N–H and O–H groups in total. The second kappa shape index (κ2) is 6.05. The van der Waals surface area contributed by atoms with Crippen molar-refractivity contribution in [1.29, 1.82) is 0 Å². The van der Waals surface area contributed by atoms with Crippen LogP contribution >= 0.6 is 0 Å². The van der Waals surface area contributed by atoms with Crippen molar-refractivity contribution in [3.63, 3.8) is 0 Å². The van der Waals surface area contributed by atoms with E-state index in [-0.39, 0.29) is 18.2 Å². The van der Waals surface area contributed by atoms with Gasteiger partial charge in [-0.05, 0) is 52.5 Å². The largest absolute Gasteiger partial charge is 0.444 e. The number of aliphatic hydroxyl groups excluding tert-OH is 1. The molecule has 6 heteroatoms. The van der Waals surface area contributed by atoms with Gasteiger partial charge in [0, 0.05) is 6.20 Å². The zero-order valence-corrected chi connectivity index (χ0v) is 13.2. The Bertz CT molecular complexity index is 493. The fraction of sp³-hybridized carbons (Fsp3) is 0.733. The summed E-state index contributed by atoms with van der Waals surface area (Å²) in [5, 5.41) is 17.1. The van der Waals surface area contributed by atoms with Gasteiger partial charge in [0.25, 0.3) is 0 Å². The Balaban J connectivity index is 2.06. The van der Waals surface area contributed by atoms with Gasteiger partial charge in [0.2, 0.25) is 0 Å². The Morgan fingerprint density at radius 1 is 1.48 bits per heavy atom. The van der Waals surface area contributed by atoms with Crippen LogP contribution in [0.1, 0.15) is 51.6 Å². The molecule has 1 fully saturated rings. The van der Waals surface area contributed by atoms with Crippen molar-refractivity contribution < 1.29 is 14.6 Å². The summed E-state index contributed by atoms with van der Waals surface area (Å²) < 4.78 is 7.15. The lowest BCUT2D eigenvalue weighted by Crippen LogP contribution is -2.47. The maximum atomic E-state index is 12.0. The Kier molecular flexibility index (Phi) is 4.56. The molecule has 2 rings (SSSR count). The van der Waals surface area contributed by atoms with Crippen LogP contribution in [0, 0.1) is 6.92 Å². The predicted octanol–water partition coefficient (Wildman–Crippen LogP) is 2.17. The third-order valence-corrected chi connectivity index (χ3v) is 3.56. The summed E-state index contributed by atoms with van der Waals surface area (Å²) in [6.07, 6.45) is 4.93. The van der Waals surface area contributed by atoms with E-state index in [9.17, 15) is 9.90 Å². The standard InChI is InChI=1S/C15H25N3O3/c1-10-8-16-18(9-10)13-7-11(19)5-6-12(13)17-14(20)21-15(2,3)4/h8-9,11-13,19H,5-7H2,1-4H3,(H,17,20). The average molecular weight is 295 g/mol. The molecule has 1 aromatic heterocycles. The van der Waals surface area contributed by atoms with Gasteiger partial charge in [0.15, 0.2) is 0 Å². The van der Waals surface area contributed by atoms with Gasteiger partial charge in [-0.3, -0.25) is 4.68 Å². The van der Waals surface area contributed by atoms with E-state index in [1.807, 2.05) is 38.6 Å². The highest BCUT2D eigenvalue weighted by Gasteiger charge is 2.33. The van der Waals surface area contributed by atoms with Crippen molar-refractivity contribution in [2.24, 2.45) is 0 Å². The molecule has 1 aliphatic rings. The molecule has 1 heterocycles. The lowest BCUT2D eigenvalue weighted by atomic mass is 9.88. The number of ether oxygens (including phenoxy) is 1. The molecule has 0 aromatic carbocycles. The fourth-order valence-corrected chi connectivity index (χ4v) is 2.66. The average Bonchev–Trinajstić information content (AvgIpc) is 2.75. The van der Waals surface area contributed by atoms with Gasteiger partial charge in [0.1, 0.15) is 5.60 Å². The normalized spacial score (nSPS) is 26.4. The van der Waals surface area contributed by atoms with Crippen LogP contribution in [-0.2, 0) is 4.74 Å². The highest BCUT2D eigenvalue weighted by Crippen LogP contribution is 2.29. The molecule has 3 unspecified atom stereocenters. The van der Waals surface area contributed by atoms with E-state index >= 15 is 0 Å². The highest BCUT2D eigenvalue weighted by atomic mass is 16.6. The van der Waals surface area contributed by atoms with Crippen LogP contribution in [0.4, 0.5) is 4.79 Å². The summed E-state index contributed by atoms with van der Waals surface area (Å²) in [6, 6.07) is -0.127. The van der Waals surface area contributed by atoms with Crippen LogP contribution in [0.3, 0.4) is 0 Å². The molecule has 21 heavy (non-hydrogen) atoms. The molecule has 6 nitrogen and oxygen atoms in total. The quantitative estimate of drug-likeness (QED) is 0.876. The van der Waals surface area contributed by atoms with Crippen LogP contribution in [0.2, 0.25) is 0 Å². The van der Waals surface area contributed by atoms with Crippen LogP contribution in [0.5, 0.6) is 0 Å². The Morgan fingerprint density at radius 2 is 2.19 bits per heavy atom. The maximum absolute atomic E-state index is 12.0. The third-order valence-electron chi connectivity index (χ3n) is 3.56. The summed E-state index contributed by atoms with van der Waals surface area (Å²) in [5.41, 5.74) is 0.543. The number of carbonyl (C=O) groups excluding carboxylic acids is 1. The molecule has 118 valence electrons. The monoisotopic (exact) mass is 295 g/mol. The van der Waals surface area contributed by atoms with Gasteiger partial charge in [-0.2, -0.15) is 5.10 Å². The van der Waals surface area contributed by atoms with Crippen molar-refractivity contribution >= 4 is 6.09 Å². The van der Waals surface area contributed by atoms with Gasteiger partial charge in [0.05, 0.1) is 24.4 Å². The molecule has 0 saturated heterocycles. The van der Waals surface area contributed by atoms with Crippen LogP contribution < -0.4 is 5.32 Å². The first-order valence-corrected chi connectivity index (χ1v) is 7.43. The number of aliphatic hydroxyl groups is 1. The van der Waals surface area contributed by atoms with E-state index in [0.29, 0.717) is 19.3 Å². The smallest absolute Gasteiger partial charge is 0.407 e. The second-order valence-electron chi connectivity index (χ2n) is 6.78. The first-order valence-electron chi connectivity index (χ1n) is 7.43. The molecule has 1 saturated carbocycles. The number of alkyl carbamates (subject to hydrolysis) is 1. The summed E-state index contributed by atoms with van der Waals surface area (Å²) >= 11 is 0. The number of aryl methyl sites for hydroxylation is 1. The highest BCUT2D eigenvalue weighted by molar-refractivity contribution is 5.68. The Labute approximate surface area is 125 Å². The number of amides is 1. The third kappa shape index (κ3) is 4.46. The fourth-order valence-electron chi connectivity index (χ4n) is 2.66. The Hall–Kier alpha value is -1.56. The molecule has 0 radical (unpaired) electrons. The number of nitrogens with one attached hydrogen (secondary N) is 1. The SMILES string of the molecule is Cc1cnn(C2CC(O)CCC2NC(=O)OC(C)(C)C)c1. The summed E-state index contributed by atoms with van der Waals surface area (Å²) in [6.45, 7) is 7.49.